The Bertz CT molecular complexity index is 1250. The summed E-state index contributed by atoms with van der Waals surface area (Å²) in [4.78, 5) is 30.1. The molecular formula is C23H20ClN3O2S2. The van der Waals surface area contributed by atoms with E-state index in [1.165, 1.54) is 33.2 Å². The maximum atomic E-state index is 13.1. The highest BCUT2D eigenvalue weighted by atomic mass is 35.5. The number of nitrogens with one attached hydrogen (secondary N) is 1. The number of fused-ring (bicyclic) bond motifs is 1. The number of hydrogen-bond acceptors (Lipinski definition) is 5. The molecule has 0 spiro atoms. The number of halogens is 1. The number of para-hydroxylation sites is 1. The molecule has 4 rings (SSSR count). The van der Waals surface area contributed by atoms with Gasteiger partial charge in [-0.05, 0) is 42.0 Å². The van der Waals surface area contributed by atoms with Crippen LogP contribution in [0, 0.1) is 0 Å². The predicted octanol–water partition coefficient (Wildman–Crippen LogP) is 4.94. The van der Waals surface area contributed by atoms with E-state index in [1.807, 2.05) is 41.8 Å². The first kappa shape index (κ1) is 21.6. The maximum Gasteiger partial charge on any atom is 0.276 e. The van der Waals surface area contributed by atoms with Crippen molar-refractivity contribution >= 4 is 50.8 Å². The Kier molecular flexibility index (Phi) is 7.06. The van der Waals surface area contributed by atoms with E-state index >= 15 is 0 Å². The van der Waals surface area contributed by atoms with E-state index in [2.05, 4.69) is 22.4 Å². The Morgan fingerprint density at radius 1 is 1.10 bits per heavy atom. The van der Waals surface area contributed by atoms with Crippen LogP contribution in [-0.4, -0.2) is 27.8 Å². The molecular weight excluding hydrogens is 450 g/mol. The molecule has 8 heteroatoms. The molecule has 5 nitrogen and oxygen atoms in total. The van der Waals surface area contributed by atoms with Crippen molar-refractivity contribution in [2.75, 3.05) is 12.3 Å². The number of hydrogen-bond donors (Lipinski definition) is 1. The molecule has 2 aromatic carbocycles. The fraction of sp³-hybridized carbons (Fsp3) is 0.174. The van der Waals surface area contributed by atoms with Crippen molar-refractivity contribution in [1.82, 2.24) is 14.9 Å². The van der Waals surface area contributed by atoms with Gasteiger partial charge in [0.2, 0.25) is 5.91 Å². The third kappa shape index (κ3) is 5.18. The van der Waals surface area contributed by atoms with Crippen molar-refractivity contribution < 1.29 is 4.79 Å². The first-order valence-electron chi connectivity index (χ1n) is 9.82. The molecule has 4 aromatic rings. The van der Waals surface area contributed by atoms with Crippen molar-refractivity contribution in [3.05, 3.63) is 87.0 Å². The third-order valence-corrected chi connectivity index (χ3v) is 6.83. The minimum Gasteiger partial charge on any atom is -0.355 e. The van der Waals surface area contributed by atoms with E-state index in [0.717, 1.165) is 12.8 Å². The third-order valence-electron chi connectivity index (χ3n) is 4.68. The number of aromatic nitrogens is 2. The summed E-state index contributed by atoms with van der Waals surface area (Å²) in [7, 11) is 0. The maximum absolute atomic E-state index is 13.1. The van der Waals surface area contributed by atoms with E-state index in [9.17, 15) is 9.59 Å². The molecule has 31 heavy (non-hydrogen) atoms. The van der Waals surface area contributed by atoms with Crippen molar-refractivity contribution in [3.8, 4) is 5.69 Å². The van der Waals surface area contributed by atoms with Gasteiger partial charge in [0.15, 0.2) is 5.16 Å². The molecule has 0 aliphatic rings. The number of benzene rings is 2. The summed E-state index contributed by atoms with van der Waals surface area (Å²) in [6.45, 7) is 0.600. The van der Waals surface area contributed by atoms with Crippen LogP contribution in [0.15, 0.2) is 76.0 Å². The van der Waals surface area contributed by atoms with E-state index in [1.54, 1.807) is 12.1 Å². The summed E-state index contributed by atoms with van der Waals surface area (Å²) >= 11 is 8.93. The van der Waals surface area contributed by atoms with Crippen molar-refractivity contribution in [3.63, 3.8) is 0 Å². The molecule has 0 aliphatic carbocycles. The SMILES string of the molecule is O=C(CSc1nc2ccsc2c(=O)n1-c1ccccc1Cl)NCCCc1ccccc1. The molecule has 0 aliphatic heterocycles. The molecule has 0 unspecified atom stereocenters. The van der Waals surface area contributed by atoms with Gasteiger partial charge in [-0.3, -0.25) is 14.2 Å². The summed E-state index contributed by atoms with van der Waals surface area (Å²) in [5.41, 5.74) is 2.26. The zero-order valence-electron chi connectivity index (χ0n) is 16.6. The molecule has 0 fully saturated rings. The van der Waals surface area contributed by atoms with Crippen LogP contribution in [0.4, 0.5) is 0 Å². The molecule has 0 radical (unpaired) electrons. The molecule has 0 bridgehead atoms. The topological polar surface area (TPSA) is 64.0 Å². The number of nitrogens with zero attached hydrogens (tertiary/aromatic N) is 2. The van der Waals surface area contributed by atoms with Crippen LogP contribution in [0.2, 0.25) is 5.02 Å². The second-order valence-electron chi connectivity index (χ2n) is 6.85. The molecule has 0 saturated heterocycles. The van der Waals surface area contributed by atoms with Crippen molar-refractivity contribution in [1.29, 1.82) is 0 Å². The van der Waals surface area contributed by atoms with Gasteiger partial charge in [0.05, 0.1) is 22.0 Å². The highest BCUT2D eigenvalue weighted by Crippen LogP contribution is 2.26. The summed E-state index contributed by atoms with van der Waals surface area (Å²) in [6.07, 6.45) is 1.78. The number of thiophene rings is 1. The average Bonchev–Trinajstić information content (AvgIpc) is 3.26. The fourth-order valence-electron chi connectivity index (χ4n) is 3.18. The summed E-state index contributed by atoms with van der Waals surface area (Å²) in [6, 6.07) is 19.1. The van der Waals surface area contributed by atoms with Crippen LogP contribution < -0.4 is 10.9 Å². The lowest BCUT2D eigenvalue weighted by molar-refractivity contribution is -0.118. The van der Waals surface area contributed by atoms with Crippen LogP contribution in [0.3, 0.4) is 0 Å². The molecule has 0 saturated carbocycles. The second-order valence-corrected chi connectivity index (χ2v) is 9.11. The van der Waals surface area contributed by atoms with Gasteiger partial charge in [0, 0.05) is 6.54 Å². The lowest BCUT2D eigenvalue weighted by atomic mass is 10.1. The van der Waals surface area contributed by atoms with Gasteiger partial charge in [-0.1, -0.05) is 65.8 Å². The number of amides is 1. The van der Waals surface area contributed by atoms with Crippen LogP contribution in [0.25, 0.3) is 15.9 Å². The van der Waals surface area contributed by atoms with Crippen LogP contribution >= 0.6 is 34.7 Å². The monoisotopic (exact) mass is 469 g/mol. The minimum absolute atomic E-state index is 0.0940. The lowest BCUT2D eigenvalue weighted by Crippen LogP contribution is -2.27. The number of rotatable bonds is 8. The fourth-order valence-corrected chi connectivity index (χ4v) is 5.00. The number of aryl methyl sites for hydroxylation is 1. The second kappa shape index (κ2) is 10.1. The Morgan fingerprint density at radius 3 is 2.68 bits per heavy atom. The van der Waals surface area contributed by atoms with Gasteiger partial charge >= 0.3 is 0 Å². The standard InChI is InChI=1S/C23H20ClN3O2S2/c24-17-10-4-5-11-19(17)27-22(29)21-18(12-14-30-21)26-23(27)31-15-20(28)25-13-6-9-16-7-2-1-3-8-16/h1-5,7-8,10-12,14H,6,9,13,15H2,(H,25,28). The molecule has 158 valence electrons. The molecule has 2 heterocycles. The van der Waals surface area contributed by atoms with Crippen LogP contribution in [0.5, 0.6) is 0 Å². The van der Waals surface area contributed by atoms with E-state index in [0.29, 0.717) is 32.6 Å². The van der Waals surface area contributed by atoms with Gasteiger partial charge in [-0.2, -0.15) is 0 Å². The molecule has 1 amide bonds. The number of carbonyl (C=O) groups is 1. The Morgan fingerprint density at radius 2 is 1.87 bits per heavy atom. The lowest BCUT2D eigenvalue weighted by Gasteiger charge is -2.13. The first-order valence-corrected chi connectivity index (χ1v) is 12.1. The summed E-state index contributed by atoms with van der Waals surface area (Å²) < 4.78 is 2.06. The summed E-state index contributed by atoms with van der Waals surface area (Å²) in [5.74, 6) is 0.0705. The Balaban J connectivity index is 1.45. The smallest absolute Gasteiger partial charge is 0.276 e. The highest BCUT2D eigenvalue weighted by molar-refractivity contribution is 7.99. The van der Waals surface area contributed by atoms with Gasteiger partial charge in [-0.15, -0.1) is 11.3 Å². The van der Waals surface area contributed by atoms with E-state index in [4.69, 9.17) is 11.6 Å². The molecule has 1 N–H and O–H groups in total. The van der Waals surface area contributed by atoms with Gasteiger partial charge in [0.1, 0.15) is 4.70 Å². The zero-order chi connectivity index (χ0) is 21.6. The van der Waals surface area contributed by atoms with Gasteiger partial charge < -0.3 is 5.32 Å². The van der Waals surface area contributed by atoms with Crippen molar-refractivity contribution in [2.24, 2.45) is 0 Å². The average molecular weight is 470 g/mol. The number of thioether (sulfide) groups is 1. The zero-order valence-corrected chi connectivity index (χ0v) is 19.0. The Hall–Kier alpha value is -2.61. The Labute approximate surface area is 193 Å². The molecule has 2 aromatic heterocycles. The highest BCUT2D eigenvalue weighted by Gasteiger charge is 2.17. The number of carbonyl (C=O) groups excluding carboxylic acids is 1. The van der Waals surface area contributed by atoms with Crippen molar-refractivity contribution in [2.45, 2.75) is 18.0 Å². The first-order chi connectivity index (χ1) is 15.1. The van der Waals surface area contributed by atoms with E-state index < -0.39 is 0 Å². The molecule has 0 atom stereocenters. The minimum atomic E-state index is -0.182. The van der Waals surface area contributed by atoms with Crippen LogP contribution in [0.1, 0.15) is 12.0 Å². The summed E-state index contributed by atoms with van der Waals surface area (Å²) in [5, 5.41) is 5.68. The van der Waals surface area contributed by atoms with Gasteiger partial charge in [0.25, 0.3) is 5.56 Å². The predicted molar refractivity (Wildman–Crippen MR) is 129 cm³/mol. The quantitative estimate of drug-likeness (QED) is 0.225. The van der Waals surface area contributed by atoms with Gasteiger partial charge in [-0.25, -0.2) is 4.98 Å². The van der Waals surface area contributed by atoms with E-state index in [-0.39, 0.29) is 17.2 Å². The largest absolute Gasteiger partial charge is 0.355 e. The normalized spacial score (nSPS) is 11.0. The van der Waals surface area contributed by atoms with Crippen LogP contribution in [-0.2, 0) is 11.2 Å².